The van der Waals surface area contributed by atoms with Gasteiger partial charge in [-0.2, -0.15) is 0 Å². The van der Waals surface area contributed by atoms with Crippen molar-refractivity contribution in [2.24, 2.45) is 0 Å². The molecule has 10 aromatic rings. The molecule has 3 heteroatoms. The van der Waals surface area contributed by atoms with Crippen LogP contribution in [0.15, 0.2) is 311 Å². The van der Waals surface area contributed by atoms with Gasteiger partial charge < -0.3 is 0 Å². The summed E-state index contributed by atoms with van der Waals surface area (Å²) in [4.78, 5) is 0. The van der Waals surface area contributed by atoms with Crippen molar-refractivity contribution < 1.29 is 14.0 Å². The van der Waals surface area contributed by atoms with Gasteiger partial charge in [0.2, 0.25) is 0 Å². The number of hydrogen-bond acceptors (Lipinski definition) is 0. The number of hydrogen-bond donors (Lipinski definition) is 0. The van der Waals surface area contributed by atoms with E-state index in [0.29, 0.717) is 0 Å². The fourth-order valence-electron chi connectivity index (χ4n) is 11.9. The summed E-state index contributed by atoms with van der Waals surface area (Å²) in [5.74, 6) is 0. The predicted octanol–water partition coefficient (Wildman–Crippen LogP) is 18.5. The SMILES string of the molecule is [Cl][W]([Cl])([C]1=C(c2ccccc2)C(c2ccccc2)=C(c2ccccc2)C1(c1ccccc1)c1ccccc1)[C]1=C(c2ccccc2)C(c2ccccc2)=C(c2ccccc2)C1(c1ccccc1)c1ccccc1. The standard InChI is InChI=1S/2C35H25.2ClH.W/c2*1-6-16-27(17-7-1)32-26-35(30-22-12-4-13-23-30,31-24-14-5-15-25-31)34(29-20-10-3-11-21-29)33(32)28-18-8-2-9-19-28;;;/h2*1-25H;2*1H;/q;;;;+2/p-2. The van der Waals surface area contributed by atoms with Gasteiger partial charge in [-0.1, -0.05) is 0 Å². The monoisotopic (exact) mass is 1140 g/mol. The molecule has 0 saturated heterocycles. The summed E-state index contributed by atoms with van der Waals surface area (Å²) < 4.78 is 2.12. The third-order valence-electron chi connectivity index (χ3n) is 14.6. The van der Waals surface area contributed by atoms with E-state index in [2.05, 4.69) is 303 Å². The van der Waals surface area contributed by atoms with Gasteiger partial charge in [0.25, 0.3) is 0 Å². The minimum atomic E-state index is -5.69. The van der Waals surface area contributed by atoms with E-state index in [1.807, 2.05) is 0 Å². The van der Waals surface area contributed by atoms with Gasteiger partial charge in [0.15, 0.2) is 0 Å². The third-order valence-corrected chi connectivity index (χ3v) is 27.0. The summed E-state index contributed by atoms with van der Waals surface area (Å²) in [5.41, 5.74) is 15.5. The van der Waals surface area contributed by atoms with Gasteiger partial charge in [0.1, 0.15) is 0 Å². The molecule has 0 fully saturated rings. The molecule has 0 aromatic heterocycles. The minimum absolute atomic E-state index is 1.02. The number of benzene rings is 10. The van der Waals surface area contributed by atoms with Crippen LogP contribution in [0.2, 0.25) is 0 Å². The van der Waals surface area contributed by atoms with Crippen LogP contribution in [0, 0.1) is 0 Å². The molecule has 2 aliphatic rings. The van der Waals surface area contributed by atoms with Crippen LogP contribution in [0.3, 0.4) is 0 Å². The van der Waals surface area contributed by atoms with Crippen molar-refractivity contribution in [3.63, 3.8) is 0 Å². The van der Waals surface area contributed by atoms with Crippen LogP contribution in [-0.2, 0) is 24.8 Å². The average Bonchev–Trinajstić information content (AvgIpc) is 4.00. The van der Waals surface area contributed by atoms with E-state index in [9.17, 15) is 18.8 Å². The van der Waals surface area contributed by atoms with E-state index in [4.69, 9.17) is 0 Å². The van der Waals surface area contributed by atoms with Gasteiger partial charge in [-0.05, 0) is 0 Å². The molecule has 0 bridgehead atoms. The van der Waals surface area contributed by atoms with Crippen LogP contribution < -0.4 is 0 Å². The van der Waals surface area contributed by atoms with Crippen molar-refractivity contribution in [3.05, 3.63) is 367 Å². The first kappa shape index (κ1) is 46.5. The fourth-order valence-corrected chi connectivity index (χ4v) is 27.5. The van der Waals surface area contributed by atoms with E-state index in [1.165, 1.54) is 0 Å². The van der Waals surface area contributed by atoms with E-state index in [-0.39, 0.29) is 0 Å². The second kappa shape index (κ2) is 19.8. The fraction of sp³-hybridized carbons (Fsp3) is 0.0286. The molecule has 73 heavy (non-hydrogen) atoms. The first-order valence-corrected chi connectivity index (χ1v) is 35.0. The molecule has 0 aliphatic heterocycles. The Morgan fingerprint density at radius 3 is 0.603 bits per heavy atom. The maximum absolute atomic E-state index is 9.62. The van der Waals surface area contributed by atoms with Gasteiger partial charge in [0, 0.05) is 0 Å². The Hall–Kier alpha value is -7.57. The molecule has 0 saturated carbocycles. The molecule has 12 rings (SSSR count). The van der Waals surface area contributed by atoms with Crippen molar-refractivity contribution in [1.29, 1.82) is 0 Å². The Bertz CT molecular complexity index is 3340. The second-order valence-electron chi connectivity index (χ2n) is 18.5. The van der Waals surface area contributed by atoms with Gasteiger partial charge >= 0.3 is 444 Å². The molecule has 350 valence electrons. The maximum atomic E-state index is 9.62. The zero-order valence-electron chi connectivity index (χ0n) is 40.0. The number of halogens is 2. The topological polar surface area (TPSA) is 0 Å². The van der Waals surface area contributed by atoms with Gasteiger partial charge in [0.05, 0.1) is 0 Å². The molecule has 0 heterocycles. The molecule has 10 aromatic carbocycles. The van der Waals surface area contributed by atoms with Crippen molar-refractivity contribution >= 4 is 52.3 Å². The molecular formula is C70H50Cl2W. The molecule has 0 atom stereocenters. The van der Waals surface area contributed by atoms with Crippen LogP contribution >= 0.6 is 18.8 Å². The zero-order chi connectivity index (χ0) is 49.2. The van der Waals surface area contributed by atoms with E-state index < -0.39 is 24.8 Å². The first-order valence-electron chi connectivity index (χ1n) is 24.8. The average molecular weight is 1150 g/mol. The zero-order valence-corrected chi connectivity index (χ0v) is 44.5. The predicted molar refractivity (Wildman–Crippen MR) is 305 cm³/mol. The van der Waals surface area contributed by atoms with Crippen LogP contribution in [0.5, 0.6) is 0 Å². The molecule has 0 unspecified atom stereocenters. The van der Waals surface area contributed by atoms with E-state index >= 15 is 0 Å². The molecule has 2 aliphatic carbocycles. The third kappa shape index (κ3) is 7.71. The number of rotatable bonds is 12. The normalized spacial score (nSPS) is 15.5. The number of allylic oxidation sites excluding steroid dienone is 8. The van der Waals surface area contributed by atoms with Crippen molar-refractivity contribution in [3.8, 4) is 0 Å². The van der Waals surface area contributed by atoms with Crippen molar-refractivity contribution in [2.45, 2.75) is 10.8 Å². The van der Waals surface area contributed by atoms with Gasteiger partial charge in [-0.3, -0.25) is 0 Å². The Labute approximate surface area is 440 Å². The van der Waals surface area contributed by atoms with Crippen LogP contribution in [-0.4, -0.2) is 0 Å². The molecule has 0 N–H and O–H groups in total. The summed E-state index contributed by atoms with van der Waals surface area (Å²) in [7, 11) is 19.2. The van der Waals surface area contributed by atoms with Gasteiger partial charge in [-0.25, -0.2) is 0 Å². The summed E-state index contributed by atoms with van der Waals surface area (Å²) in [6.07, 6.45) is 0. The quantitative estimate of drug-likeness (QED) is 0.114. The van der Waals surface area contributed by atoms with Crippen molar-refractivity contribution in [2.75, 3.05) is 0 Å². The molecule has 0 amide bonds. The molecule has 0 nitrogen and oxygen atoms in total. The van der Waals surface area contributed by atoms with Crippen molar-refractivity contribution in [1.82, 2.24) is 0 Å². The Balaban J connectivity index is 1.38. The Kier molecular flexibility index (Phi) is 12.6. The summed E-state index contributed by atoms with van der Waals surface area (Å²) in [6.45, 7) is 0. The van der Waals surface area contributed by atoms with Crippen LogP contribution in [0.4, 0.5) is 0 Å². The van der Waals surface area contributed by atoms with Crippen LogP contribution in [0.1, 0.15) is 55.6 Å². The summed E-state index contributed by atoms with van der Waals surface area (Å²) in [5, 5.41) is 0. The molecule has 0 radical (unpaired) electrons. The Morgan fingerprint density at radius 2 is 0.384 bits per heavy atom. The van der Waals surface area contributed by atoms with Crippen LogP contribution in [0.25, 0.3) is 33.4 Å². The molecule has 0 spiro atoms. The van der Waals surface area contributed by atoms with Gasteiger partial charge in [-0.15, -0.1) is 0 Å². The second-order valence-corrected chi connectivity index (χ2v) is 33.7. The summed E-state index contributed by atoms with van der Waals surface area (Å²) in [6, 6.07) is 110. The summed E-state index contributed by atoms with van der Waals surface area (Å²) >= 11 is -5.69. The molecular weight excluding hydrogens is 1100 g/mol. The Morgan fingerprint density at radius 1 is 0.205 bits per heavy atom. The van der Waals surface area contributed by atoms with E-state index in [0.717, 1.165) is 97.0 Å². The first-order chi connectivity index (χ1) is 36.1. The van der Waals surface area contributed by atoms with E-state index in [1.54, 1.807) is 0 Å².